The molecule has 1 rings (SSSR count). The molecule has 9 heteroatoms. The number of alkyl halides is 2. The van der Waals surface area contributed by atoms with Crippen LogP contribution in [0.1, 0.15) is 16.8 Å². The zero-order valence-electron chi connectivity index (χ0n) is 9.95. The molecule has 1 aromatic carbocycles. The third-order valence-electron chi connectivity index (χ3n) is 2.36. The average Bonchev–Trinajstić information content (AvgIpc) is 2.37. The molecule has 0 aliphatic carbocycles. The van der Waals surface area contributed by atoms with Crippen LogP contribution in [0.2, 0.25) is 0 Å². The molecule has 2 N–H and O–H groups in total. The zero-order valence-corrected chi connectivity index (χ0v) is 9.95. The molecule has 1 atom stereocenters. The molecule has 1 amide bonds. The highest BCUT2D eigenvalue weighted by molar-refractivity contribution is 5.96. The van der Waals surface area contributed by atoms with E-state index < -0.39 is 35.7 Å². The number of nitro benzene ring substituents is 1. The summed E-state index contributed by atoms with van der Waals surface area (Å²) in [5.74, 6) is -2.48. The first-order valence-electron chi connectivity index (χ1n) is 5.37. The van der Waals surface area contributed by atoms with E-state index in [2.05, 4.69) is 0 Å². The number of halogens is 2. The number of hydrogen-bond donors (Lipinski definition) is 2. The maximum absolute atomic E-state index is 12.2. The van der Waals surface area contributed by atoms with E-state index in [9.17, 15) is 28.5 Å². The van der Waals surface area contributed by atoms with E-state index in [-0.39, 0.29) is 11.3 Å². The SMILES string of the molecule is O=C(NC(CC(F)F)C(=O)O)c1ccc([N+](=O)[O-])cc1. The summed E-state index contributed by atoms with van der Waals surface area (Å²) >= 11 is 0. The monoisotopic (exact) mass is 288 g/mol. The Morgan fingerprint density at radius 3 is 2.25 bits per heavy atom. The number of rotatable bonds is 6. The zero-order chi connectivity index (χ0) is 15.3. The molecule has 0 bridgehead atoms. The van der Waals surface area contributed by atoms with Crippen LogP contribution in [0.15, 0.2) is 24.3 Å². The van der Waals surface area contributed by atoms with E-state index in [1.165, 1.54) is 0 Å². The first kappa shape index (κ1) is 15.5. The lowest BCUT2D eigenvalue weighted by atomic mass is 10.1. The number of benzene rings is 1. The minimum absolute atomic E-state index is 0.0592. The van der Waals surface area contributed by atoms with E-state index in [1.807, 2.05) is 5.32 Å². The molecule has 0 fully saturated rings. The Morgan fingerprint density at radius 2 is 1.85 bits per heavy atom. The molecule has 0 saturated carbocycles. The molecule has 7 nitrogen and oxygen atoms in total. The number of hydrogen-bond acceptors (Lipinski definition) is 4. The number of carboxylic acids is 1. The molecule has 1 aromatic rings. The summed E-state index contributed by atoms with van der Waals surface area (Å²) < 4.78 is 24.3. The van der Waals surface area contributed by atoms with Gasteiger partial charge >= 0.3 is 5.97 Å². The van der Waals surface area contributed by atoms with Crippen LogP contribution in [0.25, 0.3) is 0 Å². The molecule has 0 saturated heterocycles. The third-order valence-corrected chi connectivity index (χ3v) is 2.36. The molecule has 0 aliphatic rings. The number of amides is 1. The lowest BCUT2D eigenvalue weighted by molar-refractivity contribution is -0.384. The second kappa shape index (κ2) is 6.55. The molecule has 0 aromatic heterocycles. The Bertz CT molecular complexity index is 518. The van der Waals surface area contributed by atoms with Crippen molar-refractivity contribution in [2.24, 2.45) is 0 Å². The number of carbonyl (C=O) groups is 2. The highest BCUT2D eigenvalue weighted by Crippen LogP contribution is 2.12. The first-order chi connectivity index (χ1) is 9.31. The average molecular weight is 288 g/mol. The molecule has 1 unspecified atom stereocenters. The number of nitrogens with one attached hydrogen (secondary N) is 1. The van der Waals surface area contributed by atoms with E-state index >= 15 is 0 Å². The van der Waals surface area contributed by atoms with Crippen molar-refractivity contribution in [1.82, 2.24) is 5.32 Å². The molecular weight excluding hydrogens is 278 g/mol. The van der Waals surface area contributed by atoms with Crippen molar-refractivity contribution in [1.29, 1.82) is 0 Å². The van der Waals surface area contributed by atoms with Gasteiger partial charge < -0.3 is 10.4 Å². The van der Waals surface area contributed by atoms with Crippen LogP contribution in [0, 0.1) is 10.1 Å². The molecule has 0 spiro atoms. The fourth-order valence-corrected chi connectivity index (χ4v) is 1.38. The number of nitro groups is 1. The smallest absolute Gasteiger partial charge is 0.326 e. The van der Waals surface area contributed by atoms with E-state index in [1.54, 1.807) is 0 Å². The molecule has 108 valence electrons. The lowest BCUT2D eigenvalue weighted by Gasteiger charge is -2.13. The molecular formula is C11H10F2N2O5. The maximum atomic E-state index is 12.2. The van der Waals surface area contributed by atoms with Crippen molar-refractivity contribution >= 4 is 17.6 Å². The summed E-state index contributed by atoms with van der Waals surface area (Å²) in [6, 6.07) is 2.59. The van der Waals surface area contributed by atoms with Crippen molar-refractivity contribution in [3.05, 3.63) is 39.9 Å². The fraction of sp³-hybridized carbons (Fsp3) is 0.273. The van der Waals surface area contributed by atoms with Crippen LogP contribution in [0.5, 0.6) is 0 Å². The van der Waals surface area contributed by atoms with Crippen LogP contribution >= 0.6 is 0 Å². The van der Waals surface area contributed by atoms with E-state index in [4.69, 9.17) is 5.11 Å². The van der Waals surface area contributed by atoms with Gasteiger partial charge in [-0.3, -0.25) is 14.9 Å². The summed E-state index contributed by atoms with van der Waals surface area (Å²) in [7, 11) is 0. The minimum atomic E-state index is -2.88. The summed E-state index contributed by atoms with van der Waals surface area (Å²) in [5, 5.41) is 21.0. The van der Waals surface area contributed by atoms with Gasteiger partial charge in [0.1, 0.15) is 6.04 Å². The highest BCUT2D eigenvalue weighted by atomic mass is 19.3. The number of non-ortho nitro benzene ring substituents is 1. The Kier molecular flexibility index (Phi) is 5.07. The summed E-state index contributed by atoms with van der Waals surface area (Å²) in [6.45, 7) is 0. The van der Waals surface area contributed by atoms with Crippen molar-refractivity contribution in [2.75, 3.05) is 0 Å². The largest absolute Gasteiger partial charge is 0.480 e. The van der Waals surface area contributed by atoms with Gasteiger partial charge in [-0.15, -0.1) is 0 Å². The Balaban J connectivity index is 2.78. The standard InChI is InChI=1S/C11H10F2N2O5/c12-9(13)5-8(11(17)18)14-10(16)6-1-3-7(4-2-6)15(19)20/h1-4,8-9H,5H2,(H,14,16)(H,17,18). The van der Waals surface area contributed by atoms with E-state index in [0.29, 0.717) is 0 Å². The van der Waals surface area contributed by atoms with Crippen molar-refractivity contribution in [2.45, 2.75) is 18.9 Å². The van der Waals surface area contributed by atoms with Gasteiger partial charge in [0, 0.05) is 24.1 Å². The summed E-state index contributed by atoms with van der Waals surface area (Å²) in [5.41, 5.74) is -0.306. The number of carbonyl (C=O) groups excluding carboxylic acids is 1. The minimum Gasteiger partial charge on any atom is -0.480 e. The summed E-state index contributed by atoms with van der Waals surface area (Å²) in [6.07, 6.45) is -3.90. The van der Waals surface area contributed by atoms with Crippen LogP contribution in [-0.4, -0.2) is 34.4 Å². The van der Waals surface area contributed by atoms with Crippen molar-refractivity contribution < 1.29 is 28.4 Å². The Hall–Kier alpha value is -2.58. The molecule has 0 heterocycles. The maximum Gasteiger partial charge on any atom is 0.326 e. The number of aliphatic carboxylic acids is 1. The van der Waals surface area contributed by atoms with Gasteiger partial charge in [0.25, 0.3) is 11.6 Å². The summed E-state index contributed by atoms with van der Waals surface area (Å²) in [4.78, 5) is 32.1. The van der Waals surface area contributed by atoms with Crippen LogP contribution in [0.4, 0.5) is 14.5 Å². The quantitative estimate of drug-likeness (QED) is 0.608. The van der Waals surface area contributed by atoms with Crippen molar-refractivity contribution in [3.63, 3.8) is 0 Å². The van der Waals surface area contributed by atoms with Crippen LogP contribution < -0.4 is 5.32 Å². The Morgan fingerprint density at radius 1 is 1.30 bits per heavy atom. The first-order valence-corrected chi connectivity index (χ1v) is 5.37. The lowest BCUT2D eigenvalue weighted by Crippen LogP contribution is -2.42. The third kappa shape index (κ3) is 4.26. The second-order valence-electron chi connectivity index (χ2n) is 3.80. The van der Waals surface area contributed by atoms with Gasteiger partial charge in [-0.2, -0.15) is 0 Å². The van der Waals surface area contributed by atoms with Crippen LogP contribution in [0.3, 0.4) is 0 Å². The van der Waals surface area contributed by atoms with Gasteiger partial charge in [0.05, 0.1) is 4.92 Å². The predicted octanol–water partition coefficient (Wildman–Crippen LogP) is 1.43. The molecule has 20 heavy (non-hydrogen) atoms. The normalized spacial score (nSPS) is 11.9. The topological polar surface area (TPSA) is 110 Å². The van der Waals surface area contributed by atoms with Gasteiger partial charge in [0.15, 0.2) is 0 Å². The second-order valence-corrected chi connectivity index (χ2v) is 3.80. The van der Waals surface area contributed by atoms with Gasteiger partial charge in [-0.25, -0.2) is 13.6 Å². The molecule has 0 aliphatic heterocycles. The van der Waals surface area contributed by atoms with Gasteiger partial charge in [-0.1, -0.05) is 0 Å². The Labute approximate surface area is 111 Å². The van der Waals surface area contributed by atoms with Gasteiger partial charge in [0.2, 0.25) is 6.43 Å². The van der Waals surface area contributed by atoms with E-state index in [0.717, 1.165) is 24.3 Å². The number of carboxylic acid groups (broad SMARTS) is 1. The highest BCUT2D eigenvalue weighted by Gasteiger charge is 2.24. The van der Waals surface area contributed by atoms with Crippen LogP contribution in [-0.2, 0) is 4.79 Å². The molecule has 0 radical (unpaired) electrons. The van der Waals surface area contributed by atoms with Crippen molar-refractivity contribution in [3.8, 4) is 0 Å². The predicted molar refractivity (Wildman–Crippen MR) is 62.6 cm³/mol. The van der Waals surface area contributed by atoms with Gasteiger partial charge in [-0.05, 0) is 12.1 Å². The number of nitrogens with zero attached hydrogens (tertiary/aromatic N) is 1. The fourth-order valence-electron chi connectivity index (χ4n) is 1.38.